The number of carbonyl (C=O) groups excluding carboxylic acids is 1. The van der Waals surface area contributed by atoms with Gasteiger partial charge in [-0.05, 0) is 12.5 Å². The minimum atomic E-state index is -0.343. The average molecular weight is 208 g/mol. The maximum atomic E-state index is 11.7. The van der Waals surface area contributed by atoms with E-state index in [1.54, 1.807) is 25.6 Å². The maximum Gasteiger partial charge on any atom is 0.166 e. The molecule has 0 aliphatic rings. The lowest BCUT2D eigenvalue weighted by atomic mass is 10.0. The van der Waals surface area contributed by atoms with Gasteiger partial charge in [-0.15, -0.1) is 0 Å². The van der Waals surface area contributed by atoms with Crippen molar-refractivity contribution in [3.8, 4) is 0 Å². The lowest BCUT2D eigenvalue weighted by Crippen LogP contribution is -2.24. The van der Waals surface area contributed by atoms with Crippen molar-refractivity contribution in [1.29, 1.82) is 0 Å². The van der Waals surface area contributed by atoms with E-state index in [9.17, 15) is 4.79 Å². The summed E-state index contributed by atoms with van der Waals surface area (Å²) >= 11 is 0. The van der Waals surface area contributed by atoms with E-state index >= 15 is 0 Å². The predicted octanol–water partition coefficient (Wildman–Crippen LogP) is 1.20. The lowest BCUT2D eigenvalue weighted by molar-refractivity contribution is -0.128. The summed E-state index contributed by atoms with van der Waals surface area (Å²) in [7, 11) is 1.54. The van der Waals surface area contributed by atoms with E-state index in [1.807, 2.05) is 6.92 Å². The number of aromatic nitrogens is 1. The fourth-order valence-corrected chi connectivity index (χ4v) is 1.41. The van der Waals surface area contributed by atoms with Crippen LogP contribution in [-0.2, 0) is 16.0 Å². The predicted molar refractivity (Wildman–Crippen MR) is 58.4 cm³/mol. The Morgan fingerprint density at radius 1 is 1.67 bits per heavy atom. The Morgan fingerprint density at radius 2 is 2.40 bits per heavy atom. The summed E-state index contributed by atoms with van der Waals surface area (Å²) in [6.07, 6.45) is 3.85. The highest BCUT2D eigenvalue weighted by Crippen LogP contribution is 2.12. The van der Waals surface area contributed by atoms with Gasteiger partial charge in [-0.3, -0.25) is 9.78 Å². The highest BCUT2D eigenvalue weighted by Gasteiger charge is 2.16. The Labute approximate surface area is 89.5 Å². The molecule has 2 N–H and O–H groups in total. The Kier molecular flexibility index (Phi) is 4.24. The second-order valence-electron chi connectivity index (χ2n) is 3.35. The highest BCUT2D eigenvalue weighted by molar-refractivity contribution is 5.86. The summed E-state index contributed by atoms with van der Waals surface area (Å²) < 4.78 is 5.06. The van der Waals surface area contributed by atoms with Gasteiger partial charge in [0.25, 0.3) is 0 Å². The van der Waals surface area contributed by atoms with Crippen LogP contribution in [0.2, 0.25) is 0 Å². The number of Topliss-reactive ketones (excluding diaryl/α,β-unsaturated/α-hetero) is 1. The van der Waals surface area contributed by atoms with Gasteiger partial charge in [0.1, 0.15) is 6.10 Å². The molecule has 0 fully saturated rings. The van der Waals surface area contributed by atoms with E-state index in [0.717, 1.165) is 5.56 Å². The van der Waals surface area contributed by atoms with Gasteiger partial charge in [0.2, 0.25) is 0 Å². The molecule has 0 saturated carbocycles. The first-order valence-corrected chi connectivity index (χ1v) is 4.92. The van der Waals surface area contributed by atoms with Crippen LogP contribution in [0, 0.1) is 0 Å². The summed E-state index contributed by atoms with van der Waals surface area (Å²) in [6.45, 7) is 1.92. The van der Waals surface area contributed by atoms with Gasteiger partial charge in [0.05, 0.1) is 0 Å². The van der Waals surface area contributed by atoms with Gasteiger partial charge in [0, 0.05) is 37.2 Å². The van der Waals surface area contributed by atoms with Crippen LogP contribution in [-0.4, -0.2) is 24.0 Å². The number of ether oxygens (including phenoxy) is 1. The second-order valence-corrected chi connectivity index (χ2v) is 3.35. The van der Waals surface area contributed by atoms with Crippen LogP contribution in [0.15, 0.2) is 18.5 Å². The van der Waals surface area contributed by atoms with Gasteiger partial charge in [-0.25, -0.2) is 0 Å². The Hall–Kier alpha value is -1.42. The molecule has 4 nitrogen and oxygen atoms in total. The molecule has 1 aromatic rings. The van der Waals surface area contributed by atoms with Crippen molar-refractivity contribution in [3.05, 3.63) is 24.0 Å². The molecule has 82 valence electrons. The minimum absolute atomic E-state index is 0.0414. The maximum absolute atomic E-state index is 11.7. The third-order valence-corrected chi connectivity index (χ3v) is 2.32. The van der Waals surface area contributed by atoms with Gasteiger partial charge in [-0.1, -0.05) is 6.92 Å². The number of rotatable bonds is 5. The van der Waals surface area contributed by atoms with E-state index < -0.39 is 0 Å². The number of ketones is 1. The molecule has 0 bridgehead atoms. The second kappa shape index (κ2) is 5.46. The zero-order valence-corrected chi connectivity index (χ0v) is 9.06. The van der Waals surface area contributed by atoms with Crippen LogP contribution in [0.5, 0.6) is 0 Å². The summed E-state index contributed by atoms with van der Waals surface area (Å²) in [4.78, 5) is 15.7. The number of nitrogens with two attached hydrogens (primary N) is 1. The number of nitrogens with zero attached hydrogens (tertiary/aromatic N) is 1. The summed E-state index contributed by atoms with van der Waals surface area (Å²) in [6, 6.07) is 1.69. The van der Waals surface area contributed by atoms with Crippen LogP contribution < -0.4 is 5.73 Å². The smallest absolute Gasteiger partial charge is 0.166 e. The molecule has 0 aromatic carbocycles. The molecule has 1 atom stereocenters. The fraction of sp³-hybridized carbons (Fsp3) is 0.455. The van der Waals surface area contributed by atoms with Gasteiger partial charge < -0.3 is 10.5 Å². The normalized spacial score (nSPS) is 12.4. The number of methoxy groups -OCH3 is 1. The Morgan fingerprint density at radius 3 is 2.93 bits per heavy atom. The first-order chi connectivity index (χ1) is 7.19. The average Bonchev–Trinajstić information content (AvgIpc) is 2.23. The zero-order chi connectivity index (χ0) is 11.3. The van der Waals surface area contributed by atoms with Crippen molar-refractivity contribution in [2.24, 2.45) is 0 Å². The highest BCUT2D eigenvalue weighted by atomic mass is 16.5. The molecular weight excluding hydrogens is 192 g/mol. The number of hydrogen-bond acceptors (Lipinski definition) is 4. The van der Waals surface area contributed by atoms with Crippen molar-refractivity contribution in [3.63, 3.8) is 0 Å². The van der Waals surface area contributed by atoms with Crippen molar-refractivity contribution in [2.45, 2.75) is 25.9 Å². The van der Waals surface area contributed by atoms with Crippen LogP contribution in [0.3, 0.4) is 0 Å². The molecule has 15 heavy (non-hydrogen) atoms. The number of anilines is 1. The SMILES string of the molecule is CCC(OC)C(=O)Cc1cnccc1N. The standard InChI is InChI=1S/C11H16N2O2/c1-3-11(15-2)10(14)6-8-7-13-5-4-9(8)12/h4-5,7,11H,3,6H2,1-2H3,(H2,12,13). The third kappa shape index (κ3) is 3.02. The molecule has 1 aromatic heterocycles. The lowest BCUT2D eigenvalue weighted by Gasteiger charge is -2.12. The largest absolute Gasteiger partial charge is 0.398 e. The van der Waals surface area contributed by atoms with Crippen molar-refractivity contribution in [1.82, 2.24) is 4.98 Å². The van der Waals surface area contributed by atoms with Crippen LogP contribution in [0.25, 0.3) is 0 Å². The van der Waals surface area contributed by atoms with Crippen LogP contribution in [0.1, 0.15) is 18.9 Å². The number of nitrogen functional groups attached to an aromatic ring is 1. The summed E-state index contributed by atoms with van der Waals surface area (Å²) in [5, 5.41) is 0. The van der Waals surface area contributed by atoms with Crippen molar-refractivity contribution < 1.29 is 9.53 Å². The van der Waals surface area contributed by atoms with E-state index in [4.69, 9.17) is 10.5 Å². The zero-order valence-electron chi connectivity index (χ0n) is 9.06. The van der Waals surface area contributed by atoms with E-state index in [0.29, 0.717) is 12.1 Å². The first-order valence-electron chi connectivity index (χ1n) is 4.92. The molecule has 0 aliphatic heterocycles. The van der Waals surface area contributed by atoms with E-state index in [1.165, 1.54) is 0 Å². The van der Waals surface area contributed by atoms with Crippen molar-refractivity contribution >= 4 is 11.5 Å². The molecule has 0 radical (unpaired) electrons. The number of pyridine rings is 1. The molecule has 4 heteroatoms. The number of hydrogen-bond donors (Lipinski definition) is 1. The molecule has 1 heterocycles. The minimum Gasteiger partial charge on any atom is -0.398 e. The molecule has 1 unspecified atom stereocenters. The third-order valence-electron chi connectivity index (χ3n) is 2.32. The molecular formula is C11H16N2O2. The van der Waals surface area contributed by atoms with Crippen molar-refractivity contribution in [2.75, 3.05) is 12.8 Å². The molecule has 0 aliphatic carbocycles. The fourth-order valence-electron chi connectivity index (χ4n) is 1.41. The quantitative estimate of drug-likeness (QED) is 0.789. The topological polar surface area (TPSA) is 65.2 Å². The molecule has 0 amide bonds. The number of carbonyl (C=O) groups is 1. The summed E-state index contributed by atoms with van der Waals surface area (Å²) in [5.74, 6) is 0.0414. The van der Waals surface area contributed by atoms with Gasteiger partial charge in [0.15, 0.2) is 5.78 Å². The summed E-state index contributed by atoms with van der Waals surface area (Å²) in [5.41, 5.74) is 7.08. The van der Waals surface area contributed by atoms with E-state index in [2.05, 4.69) is 4.98 Å². The Balaban J connectivity index is 2.70. The van der Waals surface area contributed by atoms with Crippen LogP contribution >= 0.6 is 0 Å². The molecule has 0 saturated heterocycles. The van der Waals surface area contributed by atoms with Crippen LogP contribution in [0.4, 0.5) is 5.69 Å². The Bertz CT molecular complexity index is 335. The van der Waals surface area contributed by atoms with E-state index in [-0.39, 0.29) is 18.3 Å². The first kappa shape index (κ1) is 11.7. The van der Waals surface area contributed by atoms with Gasteiger partial charge in [-0.2, -0.15) is 0 Å². The van der Waals surface area contributed by atoms with Gasteiger partial charge >= 0.3 is 0 Å². The molecule has 0 spiro atoms. The monoisotopic (exact) mass is 208 g/mol. The molecule has 1 rings (SSSR count).